The summed E-state index contributed by atoms with van der Waals surface area (Å²) in [6, 6.07) is 7.03. The molecule has 0 unspecified atom stereocenters. The highest BCUT2D eigenvalue weighted by atomic mass is 32.2. The summed E-state index contributed by atoms with van der Waals surface area (Å²) in [5.74, 6) is 0. The van der Waals surface area contributed by atoms with E-state index in [4.69, 9.17) is 5.11 Å². The van der Waals surface area contributed by atoms with Crippen molar-refractivity contribution in [3.05, 3.63) is 24.3 Å². The van der Waals surface area contributed by atoms with Gasteiger partial charge in [-0.15, -0.1) is 0 Å². The minimum Gasteiger partial charge on any atom is -0.396 e. The van der Waals surface area contributed by atoms with Gasteiger partial charge in [-0.25, -0.2) is 8.42 Å². The van der Waals surface area contributed by atoms with Gasteiger partial charge >= 0.3 is 0 Å². The molecular weight excluding hydrogens is 250 g/mol. The Morgan fingerprint density at radius 2 is 1.83 bits per heavy atom. The van der Waals surface area contributed by atoms with E-state index in [9.17, 15) is 8.42 Å². The normalized spacial score (nSPS) is 11.5. The minimum absolute atomic E-state index is 0.212. The highest BCUT2D eigenvalue weighted by molar-refractivity contribution is 7.90. The minimum atomic E-state index is -3.20. The van der Waals surface area contributed by atoms with Crippen LogP contribution in [0.2, 0.25) is 0 Å². The van der Waals surface area contributed by atoms with Crippen molar-refractivity contribution in [2.75, 3.05) is 31.4 Å². The molecule has 1 N–H and O–H groups in total. The first kappa shape index (κ1) is 15.0. The van der Waals surface area contributed by atoms with Gasteiger partial charge in [0.15, 0.2) is 9.84 Å². The summed E-state index contributed by atoms with van der Waals surface area (Å²) in [5.41, 5.74) is 0.740. The van der Waals surface area contributed by atoms with Crippen LogP contribution in [0.25, 0.3) is 0 Å². The molecule has 1 aromatic carbocycles. The molecule has 5 heteroatoms. The van der Waals surface area contributed by atoms with Gasteiger partial charge in [0.25, 0.3) is 0 Å². The summed E-state index contributed by atoms with van der Waals surface area (Å²) in [6.45, 7) is 0.996. The molecule has 0 atom stereocenters. The number of hydrogen-bond acceptors (Lipinski definition) is 4. The quantitative estimate of drug-likeness (QED) is 0.767. The first-order chi connectivity index (χ1) is 8.46. The van der Waals surface area contributed by atoms with Crippen molar-refractivity contribution >= 4 is 15.5 Å². The molecule has 0 aliphatic rings. The van der Waals surface area contributed by atoms with Gasteiger partial charge in [-0.05, 0) is 31.4 Å². The molecule has 0 fully saturated rings. The first-order valence-corrected chi connectivity index (χ1v) is 7.97. The summed E-state index contributed by atoms with van der Waals surface area (Å²) in [6.07, 6.45) is 3.91. The third kappa shape index (κ3) is 4.31. The van der Waals surface area contributed by atoms with E-state index in [1.807, 2.05) is 24.1 Å². The van der Waals surface area contributed by atoms with E-state index >= 15 is 0 Å². The Kier molecular flexibility index (Phi) is 5.62. The lowest BCUT2D eigenvalue weighted by molar-refractivity contribution is 0.283. The van der Waals surface area contributed by atoms with Crippen molar-refractivity contribution in [3.63, 3.8) is 0 Å². The van der Waals surface area contributed by atoms with Crippen LogP contribution in [0.15, 0.2) is 29.2 Å². The number of rotatable bonds is 7. The van der Waals surface area contributed by atoms with Gasteiger partial charge in [0.1, 0.15) is 0 Å². The molecule has 0 amide bonds. The smallest absolute Gasteiger partial charge is 0.177 e. The number of benzene rings is 1. The maximum absolute atomic E-state index is 11.7. The fourth-order valence-corrected chi connectivity index (χ4v) is 2.77. The van der Waals surface area contributed by atoms with E-state index in [-0.39, 0.29) is 6.61 Å². The van der Waals surface area contributed by atoms with Gasteiger partial charge in [0.2, 0.25) is 0 Å². The maximum Gasteiger partial charge on any atom is 0.177 e. The van der Waals surface area contributed by atoms with Crippen LogP contribution in [0.5, 0.6) is 0 Å². The number of sulfone groups is 1. The van der Waals surface area contributed by atoms with Crippen LogP contribution in [0.1, 0.15) is 19.3 Å². The van der Waals surface area contributed by atoms with Gasteiger partial charge in [-0.3, -0.25) is 0 Å². The molecule has 4 nitrogen and oxygen atoms in total. The molecule has 0 aliphatic heterocycles. The molecule has 0 radical (unpaired) electrons. The Hall–Kier alpha value is -1.07. The van der Waals surface area contributed by atoms with Crippen molar-refractivity contribution in [3.8, 4) is 0 Å². The number of aliphatic hydroxyl groups is 1. The molecule has 0 aromatic heterocycles. The van der Waals surface area contributed by atoms with Gasteiger partial charge in [0.05, 0.1) is 10.6 Å². The molecule has 102 valence electrons. The summed E-state index contributed by atoms with van der Waals surface area (Å²) in [4.78, 5) is 2.32. The average molecular weight is 271 g/mol. The highest BCUT2D eigenvalue weighted by Crippen LogP contribution is 2.24. The van der Waals surface area contributed by atoms with Crippen molar-refractivity contribution < 1.29 is 13.5 Å². The summed E-state index contributed by atoms with van der Waals surface area (Å²) in [5, 5.41) is 8.71. The Labute approximate surface area is 109 Å². The fourth-order valence-electron chi connectivity index (χ4n) is 1.84. The van der Waals surface area contributed by atoms with E-state index in [0.717, 1.165) is 31.5 Å². The molecule has 18 heavy (non-hydrogen) atoms. The molecule has 0 saturated carbocycles. The van der Waals surface area contributed by atoms with Crippen molar-refractivity contribution in [2.24, 2.45) is 0 Å². The van der Waals surface area contributed by atoms with E-state index in [0.29, 0.717) is 4.90 Å². The second-order valence-corrected chi connectivity index (χ2v) is 6.43. The lowest BCUT2D eigenvalue weighted by Gasteiger charge is -2.21. The molecule has 1 rings (SSSR count). The van der Waals surface area contributed by atoms with Crippen LogP contribution >= 0.6 is 0 Å². The van der Waals surface area contributed by atoms with Crippen molar-refractivity contribution in [1.29, 1.82) is 0 Å². The van der Waals surface area contributed by atoms with E-state index < -0.39 is 9.84 Å². The number of aliphatic hydroxyl groups excluding tert-OH is 1. The summed E-state index contributed by atoms with van der Waals surface area (Å²) in [7, 11) is -1.30. The van der Waals surface area contributed by atoms with Crippen molar-refractivity contribution in [1.82, 2.24) is 0 Å². The van der Waals surface area contributed by atoms with Gasteiger partial charge in [-0.2, -0.15) is 0 Å². The van der Waals surface area contributed by atoms with Crippen LogP contribution in [0.4, 0.5) is 5.69 Å². The van der Waals surface area contributed by atoms with Crippen LogP contribution in [-0.4, -0.2) is 40.0 Å². The number of para-hydroxylation sites is 1. The lowest BCUT2D eigenvalue weighted by Crippen LogP contribution is -2.20. The third-order valence-corrected chi connectivity index (χ3v) is 3.97. The zero-order valence-electron chi connectivity index (χ0n) is 11.0. The Morgan fingerprint density at radius 3 is 2.44 bits per heavy atom. The topological polar surface area (TPSA) is 57.6 Å². The fraction of sp³-hybridized carbons (Fsp3) is 0.538. The predicted molar refractivity (Wildman–Crippen MR) is 73.8 cm³/mol. The van der Waals surface area contributed by atoms with Crippen LogP contribution in [-0.2, 0) is 9.84 Å². The van der Waals surface area contributed by atoms with Gasteiger partial charge in [0, 0.05) is 26.5 Å². The molecule has 0 saturated heterocycles. The van der Waals surface area contributed by atoms with Crippen LogP contribution in [0, 0.1) is 0 Å². The second kappa shape index (κ2) is 6.75. The Morgan fingerprint density at radius 1 is 1.17 bits per heavy atom. The zero-order valence-corrected chi connectivity index (χ0v) is 11.8. The van der Waals surface area contributed by atoms with E-state index in [1.54, 1.807) is 12.1 Å². The highest BCUT2D eigenvalue weighted by Gasteiger charge is 2.14. The number of anilines is 1. The van der Waals surface area contributed by atoms with Gasteiger partial charge < -0.3 is 10.0 Å². The largest absolute Gasteiger partial charge is 0.396 e. The Balaban J connectivity index is 2.77. The Bertz CT molecular complexity index is 471. The molecular formula is C13H21NO3S. The van der Waals surface area contributed by atoms with Gasteiger partial charge in [-0.1, -0.05) is 12.1 Å². The number of hydrogen-bond donors (Lipinski definition) is 1. The standard InChI is InChI=1S/C13H21NO3S/c1-14(10-6-3-7-11-15)12-8-4-5-9-13(12)18(2,16)17/h4-5,8-9,15H,3,6-7,10-11H2,1-2H3. The molecule has 0 heterocycles. The lowest BCUT2D eigenvalue weighted by atomic mass is 10.2. The predicted octanol–water partition coefficient (Wildman–Crippen LogP) is 1.69. The molecule has 0 spiro atoms. The molecule has 1 aromatic rings. The monoisotopic (exact) mass is 271 g/mol. The van der Waals surface area contributed by atoms with Crippen LogP contribution < -0.4 is 4.90 Å². The number of unbranched alkanes of at least 4 members (excludes halogenated alkanes) is 2. The summed E-state index contributed by atoms with van der Waals surface area (Å²) < 4.78 is 23.3. The van der Waals surface area contributed by atoms with E-state index in [2.05, 4.69) is 0 Å². The second-order valence-electron chi connectivity index (χ2n) is 4.45. The van der Waals surface area contributed by atoms with E-state index in [1.165, 1.54) is 6.26 Å². The summed E-state index contributed by atoms with van der Waals surface area (Å²) >= 11 is 0. The van der Waals surface area contributed by atoms with Crippen molar-refractivity contribution in [2.45, 2.75) is 24.2 Å². The third-order valence-electron chi connectivity index (χ3n) is 2.83. The molecule has 0 bridgehead atoms. The average Bonchev–Trinajstić information content (AvgIpc) is 2.33. The zero-order chi connectivity index (χ0) is 13.6. The first-order valence-electron chi connectivity index (χ1n) is 6.08. The molecule has 0 aliphatic carbocycles. The maximum atomic E-state index is 11.7. The van der Waals surface area contributed by atoms with Crippen LogP contribution in [0.3, 0.4) is 0 Å². The number of nitrogens with zero attached hydrogens (tertiary/aromatic N) is 1. The SMILES string of the molecule is CN(CCCCCO)c1ccccc1S(C)(=O)=O.